The SMILES string of the molecule is CN(C)C(=O)Sc1cc(=NCc2ccccc2)ss1.I. The molecule has 0 fully saturated rings. The van der Waals surface area contributed by atoms with E-state index in [0.717, 1.165) is 8.88 Å². The van der Waals surface area contributed by atoms with Crippen molar-refractivity contribution in [1.29, 1.82) is 0 Å². The molecule has 0 saturated heterocycles. The van der Waals surface area contributed by atoms with E-state index in [1.54, 1.807) is 39.7 Å². The largest absolute Gasteiger partial charge is 0.339 e. The van der Waals surface area contributed by atoms with Gasteiger partial charge >= 0.3 is 0 Å². The lowest BCUT2D eigenvalue weighted by Crippen LogP contribution is -2.15. The summed E-state index contributed by atoms with van der Waals surface area (Å²) in [6.07, 6.45) is 0. The second kappa shape index (κ2) is 8.81. The fraction of sp³-hybridized carbons (Fsp3) is 0.231. The summed E-state index contributed by atoms with van der Waals surface area (Å²) in [6, 6.07) is 12.1. The topological polar surface area (TPSA) is 32.7 Å². The van der Waals surface area contributed by atoms with Crippen LogP contribution in [0.25, 0.3) is 0 Å². The summed E-state index contributed by atoms with van der Waals surface area (Å²) in [5, 5.41) is 0.0451. The molecule has 0 aliphatic heterocycles. The fourth-order valence-corrected chi connectivity index (χ4v) is 4.48. The van der Waals surface area contributed by atoms with Crippen molar-refractivity contribution in [2.45, 2.75) is 10.8 Å². The summed E-state index contributed by atoms with van der Waals surface area (Å²) >= 11 is 1.25. The Morgan fingerprint density at radius 3 is 2.60 bits per heavy atom. The molecule has 0 aliphatic carbocycles. The predicted molar refractivity (Wildman–Crippen MR) is 98.3 cm³/mol. The number of thioether (sulfide) groups is 1. The van der Waals surface area contributed by atoms with Gasteiger partial charge in [0, 0.05) is 14.1 Å². The molecule has 0 spiro atoms. The Labute approximate surface area is 147 Å². The lowest BCUT2D eigenvalue weighted by atomic mass is 10.2. The zero-order valence-corrected chi connectivity index (χ0v) is 15.9. The first kappa shape index (κ1) is 17.7. The molecular weight excluding hydrogens is 423 g/mol. The molecule has 2 rings (SSSR count). The number of nitrogens with zero attached hydrogens (tertiary/aromatic N) is 2. The van der Waals surface area contributed by atoms with Gasteiger partial charge < -0.3 is 4.90 Å². The van der Waals surface area contributed by atoms with Gasteiger partial charge in [-0.2, -0.15) is 0 Å². The van der Waals surface area contributed by atoms with E-state index < -0.39 is 0 Å². The Bertz CT molecular complexity index is 607. The third-order valence-corrected chi connectivity index (χ3v) is 6.02. The van der Waals surface area contributed by atoms with Crippen LogP contribution in [0, 0.1) is 0 Å². The number of hydrogen-bond donors (Lipinski definition) is 0. The quantitative estimate of drug-likeness (QED) is 0.407. The Hall–Kier alpha value is -0.380. The fourth-order valence-electron chi connectivity index (χ4n) is 1.28. The minimum absolute atomic E-state index is 0. The van der Waals surface area contributed by atoms with Gasteiger partial charge in [0.1, 0.15) is 4.67 Å². The highest BCUT2D eigenvalue weighted by Crippen LogP contribution is 2.25. The molecule has 0 bridgehead atoms. The van der Waals surface area contributed by atoms with Crippen LogP contribution in [0.15, 0.2) is 45.6 Å². The van der Waals surface area contributed by atoms with E-state index in [2.05, 4.69) is 17.1 Å². The lowest BCUT2D eigenvalue weighted by molar-refractivity contribution is 0.241. The van der Waals surface area contributed by atoms with Crippen LogP contribution in [-0.4, -0.2) is 24.2 Å². The van der Waals surface area contributed by atoms with Crippen molar-refractivity contribution in [2.24, 2.45) is 4.99 Å². The summed E-state index contributed by atoms with van der Waals surface area (Å²) in [7, 11) is 6.71. The van der Waals surface area contributed by atoms with Crippen LogP contribution in [0.5, 0.6) is 0 Å². The van der Waals surface area contributed by atoms with E-state index in [1.165, 1.54) is 17.3 Å². The molecule has 20 heavy (non-hydrogen) atoms. The van der Waals surface area contributed by atoms with Crippen molar-refractivity contribution in [3.8, 4) is 0 Å². The normalized spacial score (nSPS) is 11.0. The highest BCUT2D eigenvalue weighted by Gasteiger charge is 2.08. The number of carbonyl (C=O) groups is 1. The van der Waals surface area contributed by atoms with Gasteiger partial charge in [-0.1, -0.05) is 51.0 Å². The lowest BCUT2D eigenvalue weighted by Gasteiger charge is -2.06. The third-order valence-electron chi connectivity index (χ3n) is 2.26. The van der Waals surface area contributed by atoms with Crippen LogP contribution in [0.2, 0.25) is 0 Å². The highest BCUT2D eigenvalue weighted by atomic mass is 127. The molecule has 1 amide bonds. The minimum Gasteiger partial charge on any atom is -0.339 e. The van der Waals surface area contributed by atoms with E-state index in [0.29, 0.717) is 6.54 Å². The average Bonchev–Trinajstić information content (AvgIpc) is 2.85. The number of benzene rings is 1. The predicted octanol–water partition coefficient (Wildman–Crippen LogP) is 4.30. The number of hydrogen-bond acceptors (Lipinski definition) is 5. The summed E-state index contributed by atoms with van der Waals surface area (Å²) in [5.74, 6) is 0. The van der Waals surface area contributed by atoms with Crippen molar-refractivity contribution < 1.29 is 4.79 Å². The van der Waals surface area contributed by atoms with E-state index >= 15 is 0 Å². The molecule has 2 aromatic rings. The molecule has 7 heteroatoms. The van der Waals surface area contributed by atoms with Gasteiger partial charge in [-0.3, -0.25) is 9.79 Å². The van der Waals surface area contributed by atoms with Crippen LogP contribution in [0.4, 0.5) is 4.79 Å². The van der Waals surface area contributed by atoms with Gasteiger partial charge in [-0.25, -0.2) is 0 Å². The Morgan fingerprint density at radius 2 is 1.95 bits per heavy atom. The van der Waals surface area contributed by atoms with Crippen molar-refractivity contribution in [2.75, 3.05) is 14.1 Å². The number of amides is 1. The molecule has 0 atom stereocenters. The summed E-state index contributed by atoms with van der Waals surface area (Å²) in [4.78, 5) is 17.7. The van der Waals surface area contributed by atoms with E-state index in [-0.39, 0.29) is 29.2 Å². The summed E-state index contributed by atoms with van der Waals surface area (Å²) < 4.78 is 1.97. The first-order valence-electron chi connectivity index (χ1n) is 5.69. The van der Waals surface area contributed by atoms with Crippen LogP contribution >= 0.6 is 56.4 Å². The van der Waals surface area contributed by atoms with Crippen LogP contribution in [0.3, 0.4) is 0 Å². The third kappa shape index (κ3) is 5.55. The second-order valence-electron chi connectivity index (χ2n) is 4.03. The molecule has 0 N–H and O–H groups in total. The zero-order chi connectivity index (χ0) is 13.7. The van der Waals surface area contributed by atoms with E-state index in [4.69, 9.17) is 0 Å². The van der Waals surface area contributed by atoms with Crippen LogP contribution < -0.4 is 4.67 Å². The maximum absolute atomic E-state index is 11.6. The Kier molecular flexibility index (Phi) is 7.78. The molecule has 1 heterocycles. The van der Waals surface area contributed by atoms with Gasteiger partial charge in [0.15, 0.2) is 0 Å². The average molecular weight is 438 g/mol. The highest BCUT2D eigenvalue weighted by molar-refractivity contribution is 14.0. The van der Waals surface area contributed by atoms with Crippen molar-refractivity contribution in [3.63, 3.8) is 0 Å². The molecule has 1 aromatic carbocycles. The van der Waals surface area contributed by atoms with Gasteiger partial charge in [0.25, 0.3) is 5.24 Å². The molecule has 0 saturated carbocycles. The molecule has 1 aromatic heterocycles. The Balaban J connectivity index is 0.00000200. The number of carbonyl (C=O) groups excluding carboxylic acids is 1. The van der Waals surface area contributed by atoms with Crippen LogP contribution in [-0.2, 0) is 6.54 Å². The van der Waals surface area contributed by atoms with E-state index in [1.807, 2.05) is 24.3 Å². The van der Waals surface area contributed by atoms with Crippen molar-refractivity contribution in [1.82, 2.24) is 4.90 Å². The first-order valence-corrected chi connectivity index (χ1v) is 8.65. The van der Waals surface area contributed by atoms with Crippen molar-refractivity contribution in [3.05, 3.63) is 46.6 Å². The summed E-state index contributed by atoms with van der Waals surface area (Å²) in [5.41, 5.74) is 1.19. The number of halogens is 1. The minimum atomic E-state index is 0. The van der Waals surface area contributed by atoms with Gasteiger partial charge in [0.05, 0.1) is 10.8 Å². The van der Waals surface area contributed by atoms with Crippen LogP contribution in [0.1, 0.15) is 5.56 Å². The maximum atomic E-state index is 11.6. The molecular formula is C13H15IN2OS3. The Morgan fingerprint density at radius 1 is 1.25 bits per heavy atom. The number of rotatable bonds is 3. The molecule has 108 valence electrons. The zero-order valence-electron chi connectivity index (χ0n) is 11.1. The summed E-state index contributed by atoms with van der Waals surface area (Å²) in [6.45, 7) is 0.680. The van der Waals surface area contributed by atoms with Gasteiger partial charge in [-0.05, 0) is 23.4 Å². The second-order valence-corrected chi connectivity index (χ2v) is 7.48. The standard InChI is InChI=1S/C13H14N2OS3.HI/c1-15(2)13(16)17-12-8-11(18-19-12)14-9-10-6-4-3-5-7-10;/h3-8H,9H2,1-2H3;1H. The van der Waals surface area contributed by atoms with Gasteiger partial charge in [-0.15, -0.1) is 24.0 Å². The molecule has 0 unspecified atom stereocenters. The molecule has 0 aliphatic rings. The first-order chi connectivity index (χ1) is 9.15. The molecule has 3 nitrogen and oxygen atoms in total. The molecule has 0 radical (unpaired) electrons. The monoisotopic (exact) mass is 438 g/mol. The van der Waals surface area contributed by atoms with Crippen molar-refractivity contribution >= 4 is 61.7 Å². The maximum Gasteiger partial charge on any atom is 0.286 e. The van der Waals surface area contributed by atoms with E-state index in [9.17, 15) is 4.79 Å². The smallest absolute Gasteiger partial charge is 0.286 e. The van der Waals surface area contributed by atoms with Gasteiger partial charge in [0.2, 0.25) is 0 Å².